The summed E-state index contributed by atoms with van der Waals surface area (Å²) in [5.41, 5.74) is 0.807. The van der Waals surface area contributed by atoms with E-state index in [1.54, 1.807) is 26.0 Å². The van der Waals surface area contributed by atoms with Gasteiger partial charge in [-0.2, -0.15) is 0 Å². The Morgan fingerprint density at radius 2 is 1.70 bits per heavy atom. The molecule has 1 N–H and O–H groups in total. The third kappa shape index (κ3) is 3.31. The van der Waals surface area contributed by atoms with Gasteiger partial charge in [-0.3, -0.25) is 25.0 Å². The molecule has 2 aromatic carbocycles. The molecular formula is C15H13N3O5. The second-order valence-corrected chi connectivity index (χ2v) is 4.94. The van der Waals surface area contributed by atoms with Crippen molar-refractivity contribution in [3.8, 4) is 0 Å². The predicted octanol–water partition coefficient (Wildman–Crippen LogP) is 3.37. The smallest absolute Gasteiger partial charge is 0.285 e. The zero-order valence-corrected chi connectivity index (χ0v) is 12.4. The van der Waals surface area contributed by atoms with Crippen molar-refractivity contribution in [2.24, 2.45) is 0 Å². The number of para-hydroxylation sites is 1. The Morgan fingerprint density at radius 1 is 1.00 bits per heavy atom. The lowest BCUT2D eigenvalue weighted by molar-refractivity contribution is -0.385. The molecule has 23 heavy (non-hydrogen) atoms. The minimum atomic E-state index is -0.641. The molecule has 2 aromatic rings. The summed E-state index contributed by atoms with van der Waals surface area (Å²) >= 11 is 0. The molecule has 0 radical (unpaired) electrons. The molecule has 0 saturated carbocycles. The fourth-order valence-corrected chi connectivity index (χ4v) is 2.18. The largest absolute Gasteiger partial charge is 0.322 e. The predicted molar refractivity (Wildman–Crippen MR) is 83.6 cm³/mol. The minimum absolute atomic E-state index is 0.0623. The molecule has 8 heteroatoms. The van der Waals surface area contributed by atoms with Crippen LogP contribution in [-0.4, -0.2) is 15.8 Å². The van der Waals surface area contributed by atoms with Crippen molar-refractivity contribution in [3.63, 3.8) is 0 Å². The van der Waals surface area contributed by atoms with E-state index in [4.69, 9.17) is 0 Å². The number of hydrogen-bond donors (Lipinski definition) is 1. The number of nitrogens with one attached hydrogen (secondary N) is 1. The first-order chi connectivity index (χ1) is 10.8. The van der Waals surface area contributed by atoms with Crippen LogP contribution in [0.4, 0.5) is 17.1 Å². The second-order valence-electron chi connectivity index (χ2n) is 4.94. The maximum absolute atomic E-state index is 12.3. The average molecular weight is 315 g/mol. The molecular weight excluding hydrogens is 302 g/mol. The van der Waals surface area contributed by atoms with Gasteiger partial charge in [0.1, 0.15) is 5.56 Å². The normalized spacial score (nSPS) is 10.2. The number of benzene rings is 2. The molecule has 0 saturated heterocycles. The van der Waals surface area contributed by atoms with E-state index in [-0.39, 0.29) is 16.9 Å². The Labute approximate surface area is 131 Å². The number of amides is 1. The van der Waals surface area contributed by atoms with Gasteiger partial charge in [-0.05, 0) is 31.5 Å². The van der Waals surface area contributed by atoms with Crippen LogP contribution in [0.5, 0.6) is 0 Å². The number of hydrogen-bond acceptors (Lipinski definition) is 5. The van der Waals surface area contributed by atoms with Crippen LogP contribution in [0.1, 0.15) is 21.5 Å². The van der Waals surface area contributed by atoms with Gasteiger partial charge < -0.3 is 5.32 Å². The lowest BCUT2D eigenvalue weighted by Crippen LogP contribution is -2.15. The molecule has 0 atom stereocenters. The highest BCUT2D eigenvalue weighted by Crippen LogP contribution is 2.26. The van der Waals surface area contributed by atoms with E-state index in [9.17, 15) is 25.0 Å². The Balaban J connectivity index is 2.35. The van der Waals surface area contributed by atoms with Gasteiger partial charge >= 0.3 is 0 Å². The summed E-state index contributed by atoms with van der Waals surface area (Å²) in [6, 6.07) is 8.44. The van der Waals surface area contributed by atoms with E-state index in [0.29, 0.717) is 16.8 Å². The van der Waals surface area contributed by atoms with Gasteiger partial charge in [0.05, 0.1) is 9.85 Å². The molecule has 0 fully saturated rings. The molecule has 0 aliphatic rings. The summed E-state index contributed by atoms with van der Waals surface area (Å²) in [6.07, 6.45) is 0. The van der Waals surface area contributed by atoms with Crippen molar-refractivity contribution >= 4 is 23.0 Å². The Hall–Kier alpha value is -3.29. The monoisotopic (exact) mass is 315 g/mol. The van der Waals surface area contributed by atoms with Crippen molar-refractivity contribution in [2.75, 3.05) is 5.32 Å². The molecule has 0 bridgehead atoms. The topological polar surface area (TPSA) is 115 Å². The fraction of sp³-hybridized carbons (Fsp3) is 0.133. The second kappa shape index (κ2) is 6.22. The summed E-state index contributed by atoms with van der Waals surface area (Å²) in [5, 5.41) is 24.4. The van der Waals surface area contributed by atoms with Crippen molar-refractivity contribution in [3.05, 3.63) is 73.3 Å². The van der Waals surface area contributed by atoms with E-state index in [2.05, 4.69) is 5.32 Å². The van der Waals surface area contributed by atoms with Crippen LogP contribution in [0.3, 0.4) is 0 Å². The highest BCUT2D eigenvalue weighted by Gasteiger charge is 2.23. The average Bonchev–Trinajstić information content (AvgIpc) is 2.48. The lowest BCUT2D eigenvalue weighted by Gasteiger charge is -2.09. The third-order valence-corrected chi connectivity index (χ3v) is 3.33. The Bertz CT molecular complexity index is 817. The summed E-state index contributed by atoms with van der Waals surface area (Å²) in [4.78, 5) is 33.0. The van der Waals surface area contributed by atoms with Gasteiger partial charge in [0.15, 0.2) is 0 Å². The molecule has 0 aromatic heterocycles. The first-order valence-electron chi connectivity index (χ1n) is 6.61. The molecule has 118 valence electrons. The number of nitrogens with zero attached hydrogens (tertiary/aromatic N) is 2. The quantitative estimate of drug-likeness (QED) is 0.686. The lowest BCUT2D eigenvalue weighted by atomic mass is 10.1. The number of nitro benzene ring substituents is 2. The Kier molecular flexibility index (Phi) is 4.35. The summed E-state index contributed by atoms with van der Waals surface area (Å²) in [7, 11) is 0. The summed E-state index contributed by atoms with van der Waals surface area (Å²) in [5.74, 6) is -0.641. The zero-order chi connectivity index (χ0) is 17.1. The molecule has 0 heterocycles. The standard InChI is InChI=1S/C15H13N3O5/c1-9-4-3-5-12(14(9)18(22)23)15(19)16-13-7-6-11(17(20)21)8-10(13)2/h3-8H,1-2H3,(H,16,19). The third-order valence-electron chi connectivity index (χ3n) is 3.33. The van der Waals surface area contributed by atoms with E-state index < -0.39 is 15.8 Å². The number of rotatable bonds is 4. The van der Waals surface area contributed by atoms with Crippen LogP contribution in [0.2, 0.25) is 0 Å². The number of anilines is 1. The van der Waals surface area contributed by atoms with Crippen LogP contribution in [0.25, 0.3) is 0 Å². The fourth-order valence-electron chi connectivity index (χ4n) is 2.18. The van der Waals surface area contributed by atoms with Gasteiger partial charge in [-0.15, -0.1) is 0 Å². The van der Waals surface area contributed by atoms with E-state index in [1.807, 2.05) is 0 Å². The molecule has 0 unspecified atom stereocenters. The molecule has 2 rings (SSSR count). The molecule has 0 aliphatic carbocycles. The van der Waals surface area contributed by atoms with Gasteiger partial charge in [0.2, 0.25) is 0 Å². The summed E-state index contributed by atoms with van der Waals surface area (Å²) < 4.78 is 0. The number of aryl methyl sites for hydroxylation is 2. The van der Waals surface area contributed by atoms with Gasteiger partial charge in [-0.1, -0.05) is 12.1 Å². The Morgan fingerprint density at radius 3 is 2.26 bits per heavy atom. The first kappa shape index (κ1) is 16.1. The number of nitro groups is 2. The van der Waals surface area contributed by atoms with E-state index >= 15 is 0 Å². The van der Waals surface area contributed by atoms with Gasteiger partial charge in [0.25, 0.3) is 17.3 Å². The number of carbonyl (C=O) groups is 1. The maximum Gasteiger partial charge on any atom is 0.285 e. The van der Waals surface area contributed by atoms with E-state index in [0.717, 1.165) is 0 Å². The first-order valence-corrected chi connectivity index (χ1v) is 6.61. The zero-order valence-electron chi connectivity index (χ0n) is 12.4. The molecule has 8 nitrogen and oxygen atoms in total. The number of non-ortho nitro benzene ring substituents is 1. The number of carbonyl (C=O) groups excluding carboxylic acids is 1. The van der Waals surface area contributed by atoms with Crippen molar-refractivity contribution < 1.29 is 14.6 Å². The maximum atomic E-state index is 12.3. The summed E-state index contributed by atoms with van der Waals surface area (Å²) in [6.45, 7) is 3.15. The molecule has 0 spiro atoms. The van der Waals surface area contributed by atoms with Crippen LogP contribution in [0.15, 0.2) is 36.4 Å². The van der Waals surface area contributed by atoms with Crippen LogP contribution >= 0.6 is 0 Å². The highest BCUT2D eigenvalue weighted by molar-refractivity contribution is 6.07. The van der Waals surface area contributed by atoms with Gasteiger partial charge in [0, 0.05) is 23.4 Å². The van der Waals surface area contributed by atoms with Crippen LogP contribution in [-0.2, 0) is 0 Å². The minimum Gasteiger partial charge on any atom is -0.322 e. The van der Waals surface area contributed by atoms with Crippen molar-refractivity contribution in [1.29, 1.82) is 0 Å². The highest BCUT2D eigenvalue weighted by atomic mass is 16.6. The van der Waals surface area contributed by atoms with Crippen molar-refractivity contribution in [2.45, 2.75) is 13.8 Å². The molecule has 0 aliphatic heterocycles. The van der Waals surface area contributed by atoms with Crippen LogP contribution in [0, 0.1) is 34.1 Å². The van der Waals surface area contributed by atoms with E-state index in [1.165, 1.54) is 24.3 Å². The van der Waals surface area contributed by atoms with Crippen molar-refractivity contribution in [1.82, 2.24) is 0 Å². The molecule has 1 amide bonds. The SMILES string of the molecule is Cc1cc([N+](=O)[O-])ccc1NC(=O)c1cccc(C)c1[N+](=O)[O-]. The van der Waals surface area contributed by atoms with Gasteiger partial charge in [-0.25, -0.2) is 0 Å². The van der Waals surface area contributed by atoms with Crippen LogP contribution < -0.4 is 5.32 Å².